The first-order valence-corrected chi connectivity index (χ1v) is 7.77. The van der Waals surface area contributed by atoms with Crippen LogP contribution in [0.15, 0.2) is 28.7 Å². The Morgan fingerprint density at radius 3 is 2.22 bits per heavy atom. The monoisotopic (exact) mass is 309 g/mol. The van der Waals surface area contributed by atoms with E-state index >= 15 is 0 Å². The lowest BCUT2D eigenvalue weighted by atomic mass is 9.71. The van der Waals surface area contributed by atoms with Gasteiger partial charge in [-0.2, -0.15) is 0 Å². The number of halogens is 1. The summed E-state index contributed by atoms with van der Waals surface area (Å²) in [4.78, 5) is 0. The van der Waals surface area contributed by atoms with Crippen LogP contribution in [0.25, 0.3) is 0 Å². The van der Waals surface area contributed by atoms with Crippen LogP contribution < -0.4 is 5.32 Å². The highest BCUT2D eigenvalue weighted by Gasteiger charge is 2.29. The van der Waals surface area contributed by atoms with Gasteiger partial charge >= 0.3 is 0 Å². The minimum atomic E-state index is 0.471. The van der Waals surface area contributed by atoms with Gasteiger partial charge in [-0.3, -0.25) is 0 Å². The van der Waals surface area contributed by atoms with Crippen molar-refractivity contribution in [3.8, 4) is 0 Å². The lowest BCUT2D eigenvalue weighted by molar-refractivity contribution is 0.173. The lowest BCUT2D eigenvalue weighted by Crippen LogP contribution is -2.31. The molecule has 0 amide bonds. The van der Waals surface area contributed by atoms with E-state index in [0.29, 0.717) is 11.5 Å². The van der Waals surface area contributed by atoms with Gasteiger partial charge in [0.1, 0.15) is 0 Å². The van der Waals surface area contributed by atoms with Crippen molar-refractivity contribution >= 4 is 21.6 Å². The standard InChI is InChI=1S/C16H24BrN/c1-16(2,3)12-8-10-13(11-9-12)18-15-7-5-4-6-14(15)17/h4-7,12-13,18H,8-11H2,1-3H3. The van der Waals surface area contributed by atoms with Crippen molar-refractivity contribution in [3.05, 3.63) is 28.7 Å². The molecule has 2 heteroatoms. The van der Waals surface area contributed by atoms with Crippen LogP contribution in [-0.2, 0) is 0 Å². The van der Waals surface area contributed by atoms with Crippen molar-refractivity contribution < 1.29 is 0 Å². The third-order valence-electron chi connectivity index (χ3n) is 4.19. The normalized spacial score (nSPS) is 24.9. The van der Waals surface area contributed by atoms with Gasteiger partial charge in [0.2, 0.25) is 0 Å². The Morgan fingerprint density at radius 2 is 1.67 bits per heavy atom. The van der Waals surface area contributed by atoms with Crippen molar-refractivity contribution in [1.82, 2.24) is 0 Å². The Kier molecular flexibility index (Phi) is 4.37. The van der Waals surface area contributed by atoms with Gasteiger partial charge in [0.25, 0.3) is 0 Å². The van der Waals surface area contributed by atoms with Crippen LogP contribution in [0.3, 0.4) is 0 Å². The van der Waals surface area contributed by atoms with Crippen LogP contribution in [0.2, 0.25) is 0 Å². The highest BCUT2D eigenvalue weighted by Crippen LogP contribution is 2.38. The molecule has 1 aliphatic carbocycles. The SMILES string of the molecule is CC(C)(C)C1CCC(Nc2ccccc2Br)CC1. The molecule has 18 heavy (non-hydrogen) atoms. The number of nitrogens with one attached hydrogen (secondary N) is 1. The largest absolute Gasteiger partial charge is 0.381 e. The zero-order chi connectivity index (χ0) is 13.2. The molecule has 0 bridgehead atoms. The maximum absolute atomic E-state index is 3.67. The zero-order valence-corrected chi connectivity index (χ0v) is 13.3. The van der Waals surface area contributed by atoms with Crippen LogP contribution in [0.5, 0.6) is 0 Å². The van der Waals surface area contributed by atoms with Gasteiger partial charge in [-0.25, -0.2) is 0 Å². The average molecular weight is 310 g/mol. The van der Waals surface area contributed by atoms with E-state index < -0.39 is 0 Å². The highest BCUT2D eigenvalue weighted by atomic mass is 79.9. The molecule has 1 aromatic carbocycles. The van der Waals surface area contributed by atoms with Crippen LogP contribution in [0.1, 0.15) is 46.5 Å². The molecule has 0 heterocycles. The lowest BCUT2D eigenvalue weighted by Gasteiger charge is -2.37. The summed E-state index contributed by atoms with van der Waals surface area (Å²) in [7, 11) is 0. The molecule has 1 N–H and O–H groups in total. The summed E-state index contributed by atoms with van der Waals surface area (Å²) in [5, 5.41) is 3.67. The summed E-state index contributed by atoms with van der Waals surface area (Å²) < 4.78 is 1.17. The topological polar surface area (TPSA) is 12.0 Å². The number of hydrogen-bond donors (Lipinski definition) is 1. The summed E-state index contributed by atoms with van der Waals surface area (Å²) in [5.74, 6) is 0.884. The second kappa shape index (κ2) is 5.64. The van der Waals surface area contributed by atoms with E-state index in [-0.39, 0.29) is 0 Å². The minimum Gasteiger partial charge on any atom is -0.381 e. The van der Waals surface area contributed by atoms with Gasteiger partial charge < -0.3 is 5.32 Å². The van der Waals surface area contributed by atoms with E-state index in [1.54, 1.807) is 0 Å². The molecule has 1 aliphatic rings. The maximum atomic E-state index is 3.67. The Balaban J connectivity index is 1.90. The molecule has 2 rings (SSSR count). The van der Waals surface area contributed by atoms with Crippen molar-refractivity contribution in [2.45, 2.75) is 52.5 Å². The van der Waals surface area contributed by atoms with Crippen molar-refractivity contribution in [1.29, 1.82) is 0 Å². The quantitative estimate of drug-likeness (QED) is 0.764. The Labute approximate surface area is 119 Å². The summed E-state index contributed by atoms with van der Waals surface area (Å²) in [6.07, 6.45) is 5.30. The van der Waals surface area contributed by atoms with Crippen LogP contribution in [-0.4, -0.2) is 6.04 Å². The summed E-state index contributed by atoms with van der Waals surface area (Å²) in [5.41, 5.74) is 1.70. The van der Waals surface area contributed by atoms with Crippen molar-refractivity contribution in [2.24, 2.45) is 11.3 Å². The van der Waals surface area contributed by atoms with Gasteiger partial charge in [0.05, 0.1) is 0 Å². The van der Waals surface area contributed by atoms with Gasteiger partial charge in [-0.05, 0) is 65.1 Å². The molecule has 1 fully saturated rings. The fourth-order valence-corrected chi connectivity index (χ4v) is 3.30. The van der Waals surface area contributed by atoms with E-state index in [9.17, 15) is 0 Å². The number of rotatable bonds is 2. The molecule has 1 aromatic rings. The van der Waals surface area contributed by atoms with E-state index in [1.807, 2.05) is 0 Å². The Bertz CT molecular complexity index is 386. The van der Waals surface area contributed by atoms with Gasteiger partial charge in [0.15, 0.2) is 0 Å². The van der Waals surface area contributed by atoms with E-state index in [2.05, 4.69) is 66.3 Å². The molecule has 1 saturated carbocycles. The summed E-state index contributed by atoms with van der Waals surface area (Å²) in [6.45, 7) is 7.12. The van der Waals surface area contributed by atoms with Crippen LogP contribution >= 0.6 is 15.9 Å². The van der Waals surface area contributed by atoms with Crippen molar-refractivity contribution in [3.63, 3.8) is 0 Å². The number of benzene rings is 1. The summed E-state index contributed by atoms with van der Waals surface area (Å²) >= 11 is 3.60. The predicted molar refractivity (Wildman–Crippen MR) is 83.0 cm³/mol. The van der Waals surface area contributed by atoms with E-state index in [1.165, 1.54) is 35.8 Å². The number of anilines is 1. The van der Waals surface area contributed by atoms with Crippen molar-refractivity contribution in [2.75, 3.05) is 5.32 Å². The van der Waals surface area contributed by atoms with E-state index in [0.717, 1.165) is 5.92 Å². The van der Waals surface area contributed by atoms with Gasteiger partial charge in [-0.15, -0.1) is 0 Å². The molecule has 1 nitrogen and oxygen atoms in total. The second-order valence-electron chi connectivity index (χ2n) is 6.54. The average Bonchev–Trinajstić information content (AvgIpc) is 2.32. The Morgan fingerprint density at radius 1 is 1.06 bits per heavy atom. The smallest absolute Gasteiger partial charge is 0.0486 e. The predicted octanol–water partition coefficient (Wildman–Crippen LogP) is 5.47. The van der Waals surface area contributed by atoms with Crippen LogP contribution in [0.4, 0.5) is 5.69 Å². The molecule has 0 saturated heterocycles. The second-order valence-corrected chi connectivity index (χ2v) is 7.39. The molecular weight excluding hydrogens is 286 g/mol. The molecular formula is C16H24BrN. The number of para-hydroxylation sites is 1. The number of hydrogen-bond acceptors (Lipinski definition) is 1. The van der Waals surface area contributed by atoms with Gasteiger partial charge in [0, 0.05) is 16.2 Å². The molecule has 0 aromatic heterocycles. The molecule has 0 spiro atoms. The van der Waals surface area contributed by atoms with Crippen LogP contribution in [0, 0.1) is 11.3 Å². The minimum absolute atomic E-state index is 0.471. The fraction of sp³-hybridized carbons (Fsp3) is 0.625. The fourth-order valence-electron chi connectivity index (χ4n) is 2.90. The Hall–Kier alpha value is -0.500. The van der Waals surface area contributed by atoms with E-state index in [4.69, 9.17) is 0 Å². The summed E-state index contributed by atoms with van der Waals surface area (Å²) in [6, 6.07) is 9.05. The third kappa shape index (κ3) is 3.50. The molecule has 0 aliphatic heterocycles. The third-order valence-corrected chi connectivity index (χ3v) is 4.88. The highest BCUT2D eigenvalue weighted by molar-refractivity contribution is 9.10. The molecule has 0 unspecified atom stereocenters. The molecule has 0 atom stereocenters. The first-order chi connectivity index (χ1) is 8.47. The first-order valence-electron chi connectivity index (χ1n) is 6.98. The molecule has 100 valence electrons. The first kappa shape index (κ1) is 13.9. The van der Waals surface area contributed by atoms with Gasteiger partial charge in [-0.1, -0.05) is 32.9 Å². The molecule has 0 radical (unpaired) electrons. The maximum Gasteiger partial charge on any atom is 0.0486 e. The zero-order valence-electron chi connectivity index (χ0n) is 11.7.